The maximum atomic E-state index is 13.2. The van der Waals surface area contributed by atoms with Crippen molar-refractivity contribution in [2.45, 2.75) is 42.8 Å². The van der Waals surface area contributed by atoms with E-state index in [0.29, 0.717) is 10.2 Å². The molecule has 5 aliphatic rings. The molecule has 1 amide bonds. The summed E-state index contributed by atoms with van der Waals surface area (Å²) in [5.74, 6) is 2.09. The average molecular weight is 341 g/mol. The summed E-state index contributed by atoms with van der Waals surface area (Å²) < 4.78 is 0.291. The topological polar surface area (TPSA) is 23.6 Å². The molecule has 1 aliphatic heterocycles. The van der Waals surface area contributed by atoms with E-state index in [2.05, 4.69) is 32.8 Å². The van der Waals surface area contributed by atoms with E-state index in [9.17, 15) is 4.79 Å². The van der Waals surface area contributed by atoms with Crippen LogP contribution in [0.5, 0.6) is 0 Å². The molecule has 4 saturated carbocycles. The van der Waals surface area contributed by atoms with E-state index in [0.717, 1.165) is 44.4 Å². The summed E-state index contributed by atoms with van der Waals surface area (Å²) in [4.78, 5) is 17.7. The number of halogens is 1. The van der Waals surface area contributed by atoms with Gasteiger partial charge in [0.2, 0.25) is 5.91 Å². The molecule has 1 saturated heterocycles. The van der Waals surface area contributed by atoms with Gasteiger partial charge in [-0.15, -0.1) is 0 Å². The molecule has 2 unspecified atom stereocenters. The summed E-state index contributed by atoms with van der Waals surface area (Å²) in [6.07, 6.45) is 7.43. The molecule has 20 heavy (non-hydrogen) atoms. The summed E-state index contributed by atoms with van der Waals surface area (Å²) in [6.45, 7) is 3.94. The highest BCUT2D eigenvalue weighted by atomic mass is 79.9. The quantitative estimate of drug-likeness (QED) is 0.684. The number of rotatable bonds is 1. The summed E-state index contributed by atoms with van der Waals surface area (Å²) in [5.41, 5.74) is -0.0104. The van der Waals surface area contributed by atoms with Crippen molar-refractivity contribution in [2.75, 3.05) is 33.2 Å². The first-order valence-corrected chi connectivity index (χ1v) is 8.94. The van der Waals surface area contributed by atoms with Gasteiger partial charge in [0.1, 0.15) is 0 Å². The number of piperazine rings is 1. The fourth-order valence-corrected chi connectivity index (χ4v) is 7.20. The van der Waals surface area contributed by atoms with Crippen molar-refractivity contribution in [2.24, 2.45) is 17.3 Å². The van der Waals surface area contributed by atoms with Gasteiger partial charge in [0.15, 0.2) is 0 Å². The molecule has 0 N–H and O–H groups in total. The van der Waals surface area contributed by atoms with E-state index in [1.807, 2.05) is 0 Å². The molecular formula is C16H25BrN2O. The molecule has 4 bridgehead atoms. The maximum Gasteiger partial charge on any atom is 0.228 e. The van der Waals surface area contributed by atoms with Crippen LogP contribution in [0.3, 0.4) is 0 Å². The Labute approximate surface area is 130 Å². The smallest absolute Gasteiger partial charge is 0.228 e. The molecule has 5 fully saturated rings. The van der Waals surface area contributed by atoms with Crippen LogP contribution in [0.25, 0.3) is 0 Å². The lowest BCUT2D eigenvalue weighted by atomic mass is 9.49. The van der Waals surface area contributed by atoms with E-state index in [-0.39, 0.29) is 5.41 Å². The number of nitrogens with zero attached hydrogens (tertiary/aromatic N) is 2. The number of likely N-dealkylation sites (N-methyl/N-ethyl adjacent to an activating group) is 1. The normalized spacial score (nSPS) is 47.8. The van der Waals surface area contributed by atoms with Crippen molar-refractivity contribution in [3.63, 3.8) is 0 Å². The zero-order valence-corrected chi connectivity index (χ0v) is 14.0. The number of amides is 1. The van der Waals surface area contributed by atoms with Crippen LogP contribution in [-0.4, -0.2) is 53.3 Å². The third-order valence-corrected chi connectivity index (χ3v) is 7.16. The number of carbonyl (C=O) groups excluding carboxylic acids is 1. The van der Waals surface area contributed by atoms with E-state index >= 15 is 0 Å². The van der Waals surface area contributed by atoms with Crippen LogP contribution in [0.15, 0.2) is 0 Å². The van der Waals surface area contributed by atoms with Gasteiger partial charge >= 0.3 is 0 Å². The largest absolute Gasteiger partial charge is 0.340 e. The van der Waals surface area contributed by atoms with Gasteiger partial charge in [0, 0.05) is 30.5 Å². The van der Waals surface area contributed by atoms with Crippen LogP contribution in [0.1, 0.15) is 38.5 Å². The highest BCUT2D eigenvalue weighted by Crippen LogP contribution is 2.64. The lowest BCUT2D eigenvalue weighted by Crippen LogP contribution is -2.60. The standard InChI is InChI=1S/C16H25BrN2O/c1-18-2-4-19(5-3-18)14(20)15-7-12-6-13(8-15)10-16(17,9-12)11-15/h12-13H,2-11H2,1H3. The Hall–Kier alpha value is -0.0900. The van der Waals surface area contributed by atoms with Gasteiger partial charge in [-0.2, -0.15) is 0 Å². The van der Waals surface area contributed by atoms with Crippen molar-refractivity contribution in [3.05, 3.63) is 0 Å². The van der Waals surface area contributed by atoms with E-state index in [1.165, 1.54) is 32.1 Å². The number of carbonyl (C=O) groups is 1. The minimum absolute atomic E-state index is 0.0104. The van der Waals surface area contributed by atoms with Gasteiger partial charge < -0.3 is 9.80 Å². The molecule has 4 aliphatic carbocycles. The molecule has 0 aromatic rings. The number of hydrogen-bond acceptors (Lipinski definition) is 2. The monoisotopic (exact) mass is 340 g/mol. The van der Waals surface area contributed by atoms with Gasteiger partial charge in [0.25, 0.3) is 0 Å². The second-order valence-electron chi connectivity index (χ2n) is 7.99. The molecule has 4 heteroatoms. The van der Waals surface area contributed by atoms with Gasteiger partial charge in [-0.25, -0.2) is 0 Å². The zero-order valence-electron chi connectivity index (χ0n) is 12.4. The predicted molar refractivity (Wildman–Crippen MR) is 82.9 cm³/mol. The molecule has 0 aromatic heterocycles. The first-order chi connectivity index (χ1) is 9.48. The number of hydrogen-bond donors (Lipinski definition) is 0. The predicted octanol–water partition coefficient (Wildman–Crippen LogP) is 2.49. The van der Waals surface area contributed by atoms with Crippen molar-refractivity contribution in [1.29, 1.82) is 0 Å². The van der Waals surface area contributed by atoms with E-state index in [4.69, 9.17) is 0 Å². The van der Waals surface area contributed by atoms with E-state index < -0.39 is 0 Å². The van der Waals surface area contributed by atoms with Gasteiger partial charge in [-0.3, -0.25) is 4.79 Å². The Morgan fingerprint density at radius 2 is 1.65 bits per heavy atom. The molecule has 5 rings (SSSR count). The van der Waals surface area contributed by atoms with Gasteiger partial charge in [-0.1, -0.05) is 15.9 Å². The van der Waals surface area contributed by atoms with Gasteiger partial charge in [0.05, 0.1) is 5.41 Å². The molecule has 0 radical (unpaired) electrons. The van der Waals surface area contributed by atoms with Crippen molar-refractivity contribution in [1.82, 2.24) is 9.80 Å². The van der Waals surface area contributed by atoms with Gasteiger partial charge in [-0.05, 0) is 57.4 Å². The Balaban J connectivity index is 1.56. The van der Waals surface area contributed by atoms with Crippen LogP contribution in [-0.2, 0) is 4.79 Å². The molecule has 0 aromatic carbocycles. The molecule has 112 valence electrons. The summed E-state index contributed by atoms with van der Waals surface area (Å²) in [6, 6.07) is 0. The molecular weight excluding hydrogens is 316 g/mol. The zero-order chi connectivity index (χ0) is 14.0. The third kappa shape index (κ3) is 2.06. The SMILES string of the molecule is CN1CCN(C(=O)C23CC4CC(CC(Br)(C4)C2)C3)CC1. The highest BCUT2D eigenvalue weighted by Gasteiger charge is 2.60. The third-order valence-electron chi connectivity index (χ3n) is 6.23. The van der Waals surface area contributed by atoms with Crippen LogP contribution in [0.2, 0.25) is 0 Å². The fraction of sp³-hybridized carbons (Fsp3) is 0.938. The maximum absolute atomic E-state index is 13.2. The van der Waals surface area contributed by atoms with Crippen LogP contribution in [0.4, 0.5) is 0 Å². The Kier molecular flexibility index (Phi) is 3.02. The van der Waals surface area contributed by atoms with Crippen LogP contribution in [0, 0.1) is 17.3 Å². The molecule has 0 spiro atoms. The fourth-order valence-electron chi connectivity index (χ4n) is 5.75. The van der Waals surface area contributed by atoms with Crippen LogP contribution < -0.4 is 0 Å². The molecule has 1 heterocycles. The highest BCUT2D eigenvalue weighted by molar-refractivity contribution is 9.10. The van der Waals surface area contributed by atoms with Crippen molar-refractivity contribution < 1.29 is 4.79 Å². The summed E-state index contributed by atoms with van der Waals surface area (Å²) in [5, 5.41) is 0. The van der Waals surface area contributed by atoms with Crippen LogP contribution >= 0.6 is 15.9 Å². The average Bonchev–Trinajstić information content (AvgIpc) is 2.36. The molecule has 2 atom stereocenters. The van der Waals surface area contributed by atoms with Crippen molar-refractivity contribution in [3.8, 4) is 0 Å². The van der Waals surface area contributed by atoms with Crippen molar-refractivity contribution >= 4 is 21.8 Å². The first-order valence-electron chi connectivity index (χ1n) is 8.15. The lowest BCUT2D eigenvalue weighted by Gasteiger charge is -2.60. The second kappa shape index (κ2) is 4.45. The first kappa shape index (κ1) is 13.6. The second-order valence-corrected chi connectivity index (χ2v) is 9.67. The minimum atomic E-state index is -0.0104. The minimum Gasteiger partial charge on any atom is -0.340 e. The van der Waals surface area contributed by atoms with E-state index in [1.54, 1.807) is 0 Å². The Morgan fingerprint density at radius 3 is 2.20 bits per heavy atom. The summed E-state index contributed by atoms with van der Waals surface area (Å²) >= 11 is 4.02. The Bertz CT molecular complexity index is 416. The lowest BCUT2D eigenvalue weighted by molar-refractivity contribution is -0.157. The molecule has 3 nitrogen and oxygen atoms in total. The number of alkyl halides is 1. The summed E-state index contributed by atoms with van der Waals surface area (Å²) in [7, 11) is 2.15. The Morgan fingerprint density at radius 1 is 1.05 bits per heavy atom.